The second-order valence-corrected chi connectivity index (χ2v) is 4.68. The van der Waals surface area contributed by atoms with E-state index in [0.29, 0.717) is 12.6 Å². The molecule has 0 spiro atoms. The third kappa shape index (κ3) is 4.61. The summed E-state index contributed by atoms with van der Waals surface area (Å²) in [5.41, 5.74) is -0.736. The molecule has 0 bridgehead atoms. The van der Waals surface area contributed by atoms with Gasteiger partial charge in [-0.25, -0.2) is 4.39 Å². The van der Waals surface area contributed by atoms with E-state index in [-0.39, 0.29) is 24.5 Å². The zero-order chi connectivity index (χ0) is 13.9. The van der Waals surface area contributed by atoms with Crippen molar-refractivity contribution in [1.82, 2.24) is 10.2 Å². The lowest BCUT2D eigenvalue weighted by Crippen LogP contribution is -2.28. The maximum absolute atomic E-state index is 13.0. The van der Waals surface area contributed by atoms with Crippen molar-refractivity contribution in [3.63, 3.8) is 0 Å². The summed E-state index contributed by atoms with van der Waals surface area (Å²) in [4.78, 5) is 1.96. The normalized spacial score (nSPS) is 17.4. The first-order valence-electron chi connectivity index (χ1n) is 6.25. The van der Waals surface area contributed by atoms with Crippen LogP contribution in [0.2, 0.25) is 0 Å². The Labute approximate surface area is 121 Å². The Hall–Kier alpha value is -0.850. The summed E-state index contributed by atoms with van der Waals surface area (Å²) in [5.74, 6) is -0.853. The highest BCUT2D eigenvalue weighted by Crippen LogP contribution is 2.33. The minimum atomic E-state index is -4.51. The van der Waals surface area contributed by atoms with Crippen molar-refractivity contribution in [2.24, 2.45) is 0 Å². The predicted octanol–water partition coefficient (Wildman–Crippen LogP) is 3.06. The van der Waals surface area contributed by atoms with Gasteiger partial charge in [0.1, 0.15) is 5.82 Å². The van der Waals surface area contributed by atoms with Crippen molar-refractivity contribution in [1.29, 1.82) is 0 Å². The average molecular weight is 313 g/mol. The van der Waals surface area contributed by atoms with Crippen molar-refractivity contribution in [2.45, 2.75) is 19.1 Å². The van der Waals surface area contributed by atoms with Gasteiger partial charge in [-0.3, -0.25) is 4.90 Å². The van der Waals surface area contributed by atoms with Crippen molar-refractivity contribution < 1.29 is 17.6 Å². The van der Waals surface area contributed by atoms with Crippen LogP contribution in [0.4, 0.5) is 17.6 Å². The van der Waals surface area contributed by atoms with Crippen LogP contribution in [0, 0.1) is 5.82 Å². The minimum absolute atomic E-state index is 0. The summed E-state index contributed by atoms with van der Waals surface area (Å²) in [6, 6.07) is 2.89. The molecular weight excluding hydrogens is 296 g/mol. The first-order chi connectivity index (χ1) is 8.97. The van der Waals surface area contributed by atoms with Crippen LogP contribution >= 0.6 is 12.4 Å². The summed E-state index contributed by atoms with van der Waals surface area (Å²) in [6.45, 7) is 3.31. The molecule has 1 fully saturated rings. The van der Waals surface area contributed by atoms with E-state index in [1.165, 1.54) is 6.07 Å². The fourth-order valence-corrected chi connectivity index (χ4v) is 2.25. The third-order valence-corrected chi connectivity index (χ3v) is 3.20. The van der Waals surface area contributed by atoms with Gasteiger partial charge in [-0.05, 0) is 37.2 Å². The lowest BCUT2D eigenvalue weighted by molar-refractivity contribution is -0.138. The number of rotatable bonds is 2. The lowest BCUT2D eigenvalue weighted by atomic mass is 10.1. The first-order valence-corrected chi connectivity index (χ1v) is 6.25. The van der Waals surface area contributed by atoms with Gasteiger partial charge >= 0.3 is 6.18 Å². The number of nitrogens with zero attached hydrogens (tertiary/aromatic N) is 1. The fraction of sp³-hybridized carbons (Fsp3) is 0.538. The standard InChI is InChI=1S/C13H16F4N2.ClH/c14-11-3-2-10(12(8-11)13(15,16)17)9-19-6-1-4-18-5-7-19;/h2-3,8,18H,1,4-7,9H2;1H. The highest BCUT2D eigenvalue weighted by Gasteiger charge is 2.34. The molecule has 7 heteroatoms. The average Bonchev–Trinajstić information content (AvgIpc) is 2.59. The van der Waals surface area contributed by atoms with E-state index in [0.717, 1.165) is 32.1 Å². The number of benzene rings is 1. The van der Waals surface area contributed by atoms with Crippen molar-refractivity contribution in [3.8, 4) is 0 Å². The maximum atomic E-state index is 13.0. The smallest absolute Gasteiger partial charge is 0.315 e. The molecule has 1 saturated heterocycles. The molecular formula is C13H17ClF4N2. The molecule has 0 radical (unpaired) electrons. The molecule has 0 atom stereocenters. The van der Waals surface area contributed by atoms with Gasteiger partial charge in [-0.2, -0.15) is 13.2 Å². The van der Waals surface area contributed by atoms with E-state index in [2.05, 4.69) is 5.32 Å². The maximum Gasteiger partial charge on any atom is 0.416 e. The quantitative estimate of drug-likeness (QED) is 0.844. The number of hydrogen-bond acceptors (Lipinski definition) is 2. The molecule has 0 aromatic heterocycles. The van der Waals surface area contributed by atoms with Gasteiger partial charge < -0.3 is 5.32 Å². The van der Waals surface area contributed by atoms with E-state index in [1.54, 1.807) is 0 Å². The Balaban J connectivity index is 0.00000200. The molecule has 114 valence electrons. The van der Waals surface area contributed by atoms with Crippen molar-refractivity contribution >= 4 is 12.4 Å². The molecule has 20 heavy (non-hydrogen) atoms. The predicted molar refractivity (Wildman–Crippen MR) is 71.4 cm³/mol. The highest BCUT2D eigenvalue weighted by molar-refractivity contribution is 5.85. The van der Waals surface area contributed by atoms with Crippen LogP contribution in [0.1, 0.15) is 17.5 Å². The zero-order valence-corrected chi connectivity index (χ0v) is 11.7. The number of halogens is 5. The lowest BCUT2D eigenvalue weighted by Gasteiger charge is -2.22. The summed E-state index contributed by atoms with van der Waals surface area (Å²) in [7, 11) is 0. The van der Waals surface area contributed by atoms with Crippen LogP contribution in [-0.4, -0.2) is 31.1 Å². The van der Waals surface area contributed by atoms with Crippen molar-refractivity contribution in [3.05, 3.63) is 35.1 Å². The van der Waals surface area contributed by atoms with Crippen LogP contribution in [0.3, 0.4) is 0 Å². The molecule has 0 unspecified atom stereocenters. The molecule has 1 aliphatic rings. The molecule has 1 aliphatic heterocycles. The van der Waals surface area contributed by atoms with Gasteiger partial charge in [0.05, 0.1) is 5.56 Å². The van der Waals surface area contributed by atoms with Gasteiger partial charge in [-0.15, -0.1) is 12.4 Å². The van der Waals surface area contributed by atoms with E-state index in [9.17, 15) is 17.6 Å². The highest BCUT2D eigenvalue weighted by atomic mass is 35.5. The molecule has 1 heterocycles. The number of nitrogens with one attached hydrogen (secondary N) is 1. The number of hydrogen-bond donors (Lipinski definition) is 1. The Kier molecular flexibility index (Phi) is 6.23. The molecule has 2 nitrogen and oxygen atoms in total. The van der Waals surface area contributed by atoms with Gasteiger partial charge in [0.2, 0.25) is 0 Å². The summed E-state index contributed by atoms with van der Waals surface area (Å²) in [5, 5.41) is 3.19. The Morgan fingerprint density at radius 2 is 1.90 bits per heavy atom. The van der Waals surface area contributed by atoms with Gasteiger partial charge in [0.25, 0.3) is 0 Å². The largest absolute Gasteiger partial charge is 0.416 e. The number of alkyl halides is 3. The third-order valence-electron chi connectivity index (χ3n) is 3.20. The fourth-order valence-electron chi connectivity index (χ4n) is 2.25. The minimum Gasteiger partial charge on any atom is -0.315 e. The molecule has 1 aromatic carbocycles. The topological polar surface area (TPSA) is 15.3 Å². The molecule has 0 saturated carbocycles. The SMILES string of the molecule is Cl.Fc1ccc(CN2CCCNCC2)c(C(F)(F)F)c1. The van der Waals surface area contributed by atoms with E-state index in [4.69, 9.17) is 0 Å². The molecule has 1 aromatic rings. The van der Waals surface area contributed by atoms with Crippen LogP contribution in [0.5, 0.6) is 0 Å². The first kappa shape index (κ1) is 17.2. The van der Waals surface area contributed by atoms with E-state index < -0.39 is 17.6 Å². The van der Waals surface area contributed by atoms with Crippen LogP contribution < -0.4 is 5.32 Å². The van der Waals surface area contributed by atoms with E-state index in [1.807, 2.05) is 4.90 Å². The molecule has 1 N–H and O–H groups in total. The van der Waals surface area contributed by atoms with Crippen LogP contribution in [0.25, 0.3) is 0 Å². The monoisotopic (exact) mass is 312 g/mol. The molecule has 2 rings (SSSR count). The Bertz CT molecular complexity index is 429. The van der Waals surface area contributed by atoms with Crippen LogP contribution in [-0.2, 0) is 12.7 Å². The second kappa shape index (κ2) is 7.24. The van der Waals surface area contributed by atoms with Gasteiger partial charge in [0, 0.05) is 19.6 Å². The van der Waals surface area contributed by atoms with Crippen molar-refractivity contribution in [2.75, 3.05) is 26.2 Å². The van der Waals surface area contributed by atoms with Crippen LogP contribution in [0.15, 0.2) is 18.2 Å². The second-order valence-electron chi connectivity index (χ2n) is 4.68. The summed E-state index contributed by atoms with van der Waals surface area (Å²) >= 11 is 0. The summed E-state index contributed by atoms with van der Waals surface area (Å²) < 4.78 is 51.6. The van der Waals surface area contributed by atoms with Gasteiger partial charge in [0.15, 0.2) is 0 Å². The van der Waals surface area contributed by atoms with E-state index >= 15 is 0 Å². The Morgan fingerprint density at radius 1 is 1.15 bits per heavy atom. The molecule has 0 amide bonds. The Morgan fingerprint density at radius 3 is 2.60 bits per heavy atom. The van der Waals surface area contributed by atoms with Gasteiger partial charge in [-0.1, -0.05) is 6.07 Å². The zero-order valence-electron chi connectivity index (χ0n) is 10.8. The summed E-state index contributed by atoms with van der Waals surface area (Å²) in [6.07, 6.45) is -3.61. The molecule has 0 aliphatic carbocycles.